The third-order valence-electron chi connectivity index (χ3n) is 4.67. The summed E-state index contributed by atoms with van der Waals surface area (Å²) < 4.78 is 5.65. The van der Waals surface area contributed by atoms with Gasteiger partial charge in [0.1, 0.15) is 5.75 Å². The van der Waals surface area contributed by atoms with Crippen molar-refractivity contribution in [2.75, 3.05) is 25.0 Å². The van der Waals surface area contributed by atoms with Crippen LogP contribution in [0.2, 0.25) is 5.02 Å². The van der Waals surface area contributed by atoms with Gasteiger partial charge in [-0.2, -0.15) is 0 Å². The number of amides is 2. The Morgan fingerprint density at radius 1 is 1.22 bits per heavy atom. The van der Waals surface area contributed by atoms with Crippen molar-refractivity contribution in [2.45, 2.75) is 19.8 Å². The number of halogens is 1. The lowest BCUT2D eigenvalue weighted by atomic mass is 9.97. The summed E-state index contributed by atoms with van der Waals surface area (Å²) in [4.78, 5) is 26.7. The average Bonchev–Trinajstić information content (AvgIpc) is 2.68. The Kier molecular flexibility index (Phi) is 6.35. The molecule has 1 N–H and O–H groups in total. The van der Waals surface area contributed by atoms with Crippen molar-refractivity contribution < 1.29 is 14.3 Å². The molecule has 0 radical (unpaired) electrons. The molecule has 0 saturated carbocycles. The molecule has 6 heteroatoms. The maximum absolute atomic E-state index is 12.5. The Bertz CT molecular complexity index is 810. The molecule has 0 bridgehead atoms. The Morgan fingerprint density at radius 3 is 2.74 bits per heavy atom. The topological polar surface area (TPSA) is 58.6 Å². The molecule has 1 saturated heterocycles. The number of nitrogens with zero attached hydrogens (tertiary/aromatic N) is 1. The molecule has 2 amide bonds. The van der Waals surface area contributed by atoms with E-state index in [0.29, 0.717) is 23.9 Å². The monoisotopic (exact) mass is 386 g/mol. The van der Waals surface area contributed by atoms with Gasteiger partial charge in [0, 0.05) is 23.8 Å². The van der Waals surface area contributed by atoms with Crippen LogP contribution in [-0.4, -0.2) is 36.4 Å². The zero-order valence-electron chi connectivity index (χ0n) is 15.3. The van der Waals surface area contributed by atoms with Crippen LogP contribution in [0.25, 0.3) is 0 Å². The first kappa shape index (κ1) is 19.2. The fourth-order valence-electron chi connectivity index (χ4n) is 3.19. The van der Waals surface area contributed by atoms with E-state index in [1.165, 1.54) is 0 Å². The first-order valence-electron chi connectivity index (χ1n) is 9.05. The van der Waals surface area contributed by atoms with Crippen LogP contribution in [0.15, 0.2) is 48.5 Å². The van der Waals surface area contributed by atoms with Crippen molar-refractivity contribution in [1.29, 1.82) is 0 Å². The van der Waals surface area contributed by atoms with Gasteiger partial charge in [0.05, 0.1) is 5.92 Å². The molecule has 0 spiro atoms. The van der Waals surface area contributed by atoms with Crippen LogP contribution in [0.3, 0.4) is 0 Å². The van der Waals surface area contributed by atoms with Crippen LogP contribution in [0.4, 0.5) is 5.69 Å². The predicted octanol–water partition coefficient (Wildman–Crippen LogP) is 3.90. The van der Waals surface area contributed by atoms with E-state index in [1.807, 2.05) is 37.3 Å². The number of likely N-dealkylation sites (tertiary alicyclic amines) is 1. The maximum Gasteiger partial charge on any atom is 0.260 e. The minimum absolute atomic E-state index is 0.0461. The summed E-state index contributed by atoms with van der Waals surface area (Å²) in [6.45, 7) is 2.91. The van der Waals surface area contributed by atoms with Crippen molar-refractivity contribution in [3.8, 4) is 5.75 Å². The first-order chi connectivity index (χ1) is 13.0. The van der Waals surface area contributed by atoms with Crippen molar-refractivity contribution >= 4 is 29.1 Å². The third-order valence-corrected chi connectivity index (χ3v) is 4.91. The number of carbonyl (C=O) groups is 2. The van der Waals surface area contributed by atoms with Gasteiger partial charge < -0.3 is 15.0 Å². The van der Waals surface area contributed by atoms with E-state index in [9.17, 15) is 9.59 Å². The van der Waals surface area contributed by atoms with Gasteiger partial charge >= 0.3 is 0 Å². The molecule has 1 aliphatic heterocycles. The van der Waals surface area contributed by atoms with E-state index in [2.05, 4.69) is 5.32 Å². The van der Waals surface area contributed by atoms with E-state index in [0.717, 1.165) is 24.1 Å². The van der Waals surface area contributed by atoms with Crippen LogP contribution in [-0.2, 0) is 9.59 Å². The van der Waals surface area contributed by atoms with E-state index in [4.69, 9.17) is 16.3 Å². The molecule has 142 valence electrons. The van der Waals surface area contributed by atoms with Gasteiger partial charge in [0.15, 0.2) is 6.61 Å². The molecule has 0 aliphatic carbocycles. The van der Waals surface area contributed by atoms with Gasteiger partial charge in [-0.15, -0.1) is 0 Å². The lowest BCUT2D eigenvalue weighted by molar-refractivity contribution is -0.136. The van der Waals surface area contributed by atoms with Gasteiger partial charge in [-0.3, -0.25) is 9.59 Å². The van der Waals surface area contributed by atoms with Gasteiger partial charge in [-0.25, -0.2) is 0 Å². The summed E-state index contributed by atoms with van der Waals surface area (Å²) in [5.74, 6) is 0.276. The summed E-state index contributed by atoms with van der Waals surface area (Å²) in [7, 11) is 0. The van der Waals surface area contributed by atoms with Gasteiger partial charge in [0.2, 0.25) is 5.91 Å². The zero-order chi connectivity index (χ0) is 19.2. The molecule has 5 nitrogen and oxygen atoms in total. The highest BCUT2D eigenvalue weighted by Crippen LogP contribution is 2.23. The number of anilines is 1. The Hall–Kier alpha value is -2.53. The minimum atomic E-state index is -0.208. The molecule has 1 heterocycles. The lowest BCUT2D eigenvalue weighted by Gasteiger charge is -2.32. The minimum Gasteiger partial charge on any atom is -0.483 e. The number of para-hydroxylation sites is 1. The summed E-state index contributed by atoms with van der Waals surface area (Å²) in [5.41, 5.74) is 1.65. The molecule has 1 unspecified atom stereocenters. The van der Waals surface area contributed by atoms with Crippen molar-refractivity contribution in [3.63, 3.8) is 0 Å². The van der Waals surface area contributed by atoms with E-state index in [-0.39, 0.29) is 24.3 Å². The van der Waals surface area contributed by atoms with E-state index < -0.39 is 0 Å². The van der Waals surface area contributed by atoms with Crippen LogP contribution in [0.1, 0.15) is 18.4 Å². The number of benzene rings is 2. The maximum atomic E-state index is 12.5. The average molecular weight is 387 g/mol. The summed E-state index contributed by atoms with van der Waals surface area (Å²) in [6, 6.07) is 14.7. The molecular formula is C21H23ClN2O3. The first-order valence-corrected chi connectivity index (χ1v) is 9.43. The molecule has 2 aromatic rings. The van der Waals surface area contributed by atoms with Crippen LogP contribution >= 0.6 is 11.6 Å². The van der Waals surface area contributed by atoms with Crippen molar-refractivity contribution in [3.05, 3.63) is 59.1 Å². The smallest absolute Gasteiger partial charge is 0.260 e. The standard InChI is InChI=1S/C21H23ClN2O3/c1-15-12-17(22)9-10-19(15)27-14-20(25)24-11-5-6-16(13-24)21(26)23-18-7-3-2-4-8-18/h2-4,7-10,12,16H,5-6,11,13-14H2,1H3,(H,23,26). The largest absolute Gasteiger partial charge is 0.483 e. The van der Waals surface area contributed by atoms with Crippen molar-refractivity contribution in [1.82, 2.24) is 4.90 Å². The highest BCUT2D eigenvalue weighted by Gasteiger charge is 2.28. The Labute approximate surface area is 164 Å². The second kappa shape index (κ2) is 8.91. The number of aryl methyl sites for hydroxylation is 1. The number of nitrogens with one attached hydrogen (secondary N) is 1. The second-order valence-corrected chi connectivity index (χ2v) is 7.17. The molecule has 1 fully saturated rings. The third kappa shape index (κ3) is 5.23. The number of hydrogen-bond acceptors (Lipinski definition) is 3. The summed E-state index contributed by atoms with van der Waals surface area (Å²) in [6.07, 6.45) is 1.58. The highest BCUT2D eigenvalue weighted by molar-refractivity contribution is 6.30. The Balaban J connectivity index is 1.53. The van der Waals surface area contributed by atoms with E-state index >= 15 is 0 Å². The molecule has 3 rings (SSSR count). The van der Waals surface area contributed by atoms with Gasteiger partial charge in [-0.1, -0.05) is 29.8 Å². The van der Waals surface area contributed by atoms with Gasteiger partial charge in [0.25, 0.3) is 5.91 Å². The summed E-state index contributed by atoms with van der Waals surface area (Å²) >= 11 is 5.94. The number of ether oxygens (including phenoxy) is 1. The number of piperidine rings is 1. The van der Waals surface area contributed by atoms with Crippen molar-refractivity contribution in [2.24, 2.45) is 5.92 Å². The van der Waals surface area contributed by atoms with E-state index in [1.54, 1.807) is 23.1 Å². The highest BCUT2D eigenvalue weighted by atomic mass is 35.5. The predicted molar refractivity (Wildman–Crippen MR) is 106 cm³/mol. The fourth-order valence-corrected chi connectivity index (χ4v) is 3.42. The molecule has 27 heavy (non-hydrogen) atoms. The fraction of sp³-hybridized carbons (Fsp3) is 0.333. The molecule has 2 aromatic carbocycles. The summed E-state index contributed by atoms with van der Waals surface area (Å²) in [5, 5.41) is 3.55. The van der Waals surface area contributed by atoms with Gasteiger partial charge in [-0.05, 0) is 55.7 Å². The molecular weight excluding hydrogens is 364 g/mol. The van der Waals surface area contributed by atoms with Crippen LogP contribution in [0, 0.1) is 12.8 Å². The van der Waals surface area contributed by atoms with Crippen LogP contribution < -0.4 is 10.1 Å². The van der Waals surface area contributed by atoms with Crippen LogP contribution in [0.5, 0.6) is 5.75 Å². The Morgan fingerprint density at radius 2 is 2.00 bits per heavy atom. The number of hydrogen-bond donors (Lipinski definition) is 1. The molecule has 0 aromatic heterocycles. The lowest BCUT2D eigenvalue weighted by Crippen LogP contribution is -2.45. The normalized spacial score (nSPS) is 16.7. The molecule has 1 atom stereocenters. The zero-order valence-corrected chi connectivity index (χ0v) is 16.0. The second-order valence-electron chi connectivity index (χ2n) is 6.73. The quantitative estimate of drug-likeness (QED) is 0.847. The SMILES string of the molecule is Cc1cc(Cl)ccc1OCC(=O)N1CCCC(C(=O)Nc2ccccc2)C1. The number of rotatable bonds is 5. The number of carbonyl (C=O) groups excluding carboxylic acids is 2. The molecule has 1 aliphatic rings.